The zero-order valence-corrected chi connectivity index (χ0v) is 11.7. The molecule has 0 bridgehead atoms. The Morgan fingerprint density at radius 1 is 1.47 bits per heavy atom. The van der Waals surface area contributed by atoms with Gasteiger partial charge in [-0.1, -0.05) is 16.0 Å². The van der Waals surface area contributed by atoms with E-state index >= 15 is 0 Å². The number of hydrogen-bond acceptors (Lipinski definition) is 3. The zero-order chi connectivity index (χ0) is 13.2. The van der Waals surface area contributed by atoms with Crippen LogP contribution in [0.2, 0.25) is 5.15 Å². The second-order valence-electron chi connectivity index (χ2n) is 4.50. The molecule has 0 radical (unpaired) electrons. The molecule has 0 aliphatic rings. The summed E-state index contributed by atoms with van der Waals surface area (Å²) < 4.78 is 28.7. The van der Waals surface area contributed by atoms with Crippen LogP contribution in [0.5, 0.6) is 0 Å². The first kappa shape index (κ1) is 14.4. The van der Waals surface area contributed by atoms with Crippen LogP contribution >= 0.6 is 11.6 Å². The van der Waals surface area contributed by atoms with Crippen LogP contribution in [-0.2, 0) is 11.4 Å². The van der Waals surface area contributed by atoms with Crippen LogP contribution in [0.3, 0.4) is 0 Å². The Morgan fingerprint density at radius 2 is 2.06 bits per heavy atom. The lowest BCUT2D eigenvalue weighted by atomic mass is 10.2. The molecule has 0 N–H and O–H groups in total. The Morgan fingerprint density at radius 3 is 2.59 bits per heavy atom. The Balaban J connectivity index is 3.08. The van der Waals surface area contributed by atoms with Gasteiger partial charge in [-0.05, 0) is 39.8 Å². The van der Waals surface area contributed by atoms with E-state index in [1.807, 2.05) is 0 Å². The third-order valence-electron chi connectivity index (χ3n) is 1.90. The van der Waals surface area contributed by atoms with E-state index in [4.69, 9.17) is 11.6 Å². The molecule has 0 aromatic carbocycles. The number of hydrogen-bond donors (Lipinski definition) is 0. The third kappa shape index (κ3) is 3.94. The molecule has 1 aromatic heterocycles. The highest BCUT2D eigenvalue weighted by atomic mass is 35.5. The second kappa shape index (κ2) is 5.33. The first-order valence-electron chi connectivity index (χ1n) is 5.01. The van der Waals surface area contributed by atoms with Crippen molar-refractivity contribution in [2.75, 3.05) is 0 Å². The predicted octanol–water partition coefficient (Wildman–Crippen LogP) is 3.15. The van der Waals surface area contributed by atoms with Gasteiger partial charge in [0.1, 0.15) is 32.7 Å². The highest BCUT2D eigenvalue weighted by Crippen LogP contribution is 2.19. The van der Waals surface area contributed by atoms with Gasteiger partial charge in [-0.25, -0.2) is 9.37 Å². The second-order valence-corrected chi connectivity index (χ2v) is 6.80. The van der Waals surface area contributed by atoms with Crippen LogP contribution in [-0.4, -0.2) is 20.0 Å². The summed E-state index contributed by atoms with van der Waals surface area (Å²) in [7, 11) is 0. The Kier molecular flexibility index (Phi) is 4.52. The number of nitrogens with zero attached hydrogens (tertiary/aromatic N) is 2. The van der Waals surface area contributed by atoms with Gasteiger partial charge in [0.2, 0.25) is 0 Å². The third-order valence-corrected chi connectivity index (χ3v) is 3.60. The minimum atomic E-state index is -1.44. The molecule has 0 fully saturated rings. The van der Waals surface area contributed by atoms with Crippen molar-refractivity contribution in [1.29, 1.82) is 0 Å². The van der Waals surface area contributed by atoms with Crippen molar-refractivity contribution in [3.63, 3.8) is 0 Å². The average Bonchev–Trinajstić information content (AvgIpc) is 2.20. The highest BCUT2D eigenvalue weighted by molar-refractivity contribution is 7.91. The summed E-state index contributed by atoms with van der Waals surface area (Å²) >= 11 is 4.23. The Hall–Kier alpha value is -0.650. The molecule has 1 atom stereocenters. The van der Waals surface area contributed by atoms with Gasteiger partial charge >= 0.3 is 0 Å². The van der Waals surface area contributed by atoms with Gasteiger partial charge in [-0.2, -0.15) is 0 Å². The number of halogens is 2. The van der Waals surface area contributed by atoms with Crippen LogP contribution in [0.1, 0.15) is 33.4 Å². The number of aromatic nitrogens is 1. The molecule has 0 aliphatic carbocycles. The molecule has 1 rings (SSSR count). The zero-order valence-electron chi connectivity index (χ0n) is 10.1. The normalized spacial score (nSPS) is 14.9. The largest absolute Gasteiger partial charge is 0.591 e. The van der Waals surface area contributed by atoms with Crippen LogP contribution < -0.4 is 0 Å². The van der Waals surface area contributed by atoms with E-state index < -0.39 is 21.9 Å². The van der Waals surface area contributed by atoms with Crippen LogP contribution in [0, 0.1) is 5.82 Å². The minimum absolute atomic E-state index is 0.0371. The minimum Gasteiger partial charge on any atom is -0.591 e. The maximum absolute atomic E-state index is 13.5. The summed E-state index contributed by atoms with van der Waals surface area (Å²) in [5.74, 6) is -0.526. The van der Waals surface area contributed by atoms with E-state index in [1.54, 1.807) is 27.7 Å². The topological polar surface area (TPSA) is 48.3 Å². The molecular formula is C11H14ClFN2OS. The summed E-state index contributed by atoms with van der Waals surface area (Å²) in [5, 5.41) is 0.178. The summed E-state index contributed by atoms with van der Waals surface area (Å²) in [6.45, 7) is 6.94. The molecule has 1 unspecified atom stereocenters. The highest BCUT2D eigenvalue weighted by Gasteiger charge is 2.27. The van der Waals surface area contributed by atoms with Crippen LogP contribution in [0.15, 0.2) is 16.5 Å². The molecule has 0 aliphatic heterocycles. The lowest BCUT2D eigenvalue weighted by Gasteiger charge is -2.18. The van der Waals surface area contributed by atoms with Crippen LogP contribution in [0.25, 0.3) is 0 Å². The molecule has 94 valence electrons. The maximum Gasteiger partial charge on any atom is 0.151 e. The standard InChI is InChI=1S/C11H14ClFN2OS/c1-7(15-17(16)11(2,3)4)10-8(13)5-6-9(12)14-10/h5-6H,1-4H3/b15-7-. The fourth-order valence-corrected chi connectivity index (χ4v) is 1.73. The van der Waals surface area contributed by atoms with Gasteiger partial charge in [0.25, 0.3) is 0 Å². The Labute approximate surface area is 108 Å². The van der Waals surface area contributed by atoms with Crippen molar-refractivity contribution in [1.82, 2.24) is 4.98 Å². The molecule has 3 nitrogen and oxygen atoms in total. The van der Waals surface area contributed by atoms with Gasteiger partial charge in [-0.15, -0.1) is 0 Å². The van der Waals surface area contributed by atoms with Crippen molar-refractivity contribution in [3.05, 3.63) is 28.8 Å². The Bertz CT molecular complexity index is 446. The van der Waals surface area contributed by atoms with E-state index in [1.165, 1.54) is 12.1 Å². The average molecular weight is 277 g/mol. The molecule has 1 aromatic rings. The maximum atomic E-state index is 13.5. The molecule has 1 heterocycles. The van der Waals surface area contributed by atoms with Crippen molar-refractivity contribution in [3.8, 4) is 0 Å². The molecule has 0 saturated carbocycles. The summed E-state index contributed by atoms with van der Waals surface area (Å²) in [6.07, 6.45) is 0. The van der Waals surface area contributed by atoms with Crippen molar-refractivity contribution < 1.29 is 8.94 Å². The molecular weight excluding hydrogens is 263 g/mol. The summed E-state index contributed by atoms with van der Waals surface area (Å²) in [6, 6.07) is 2.57. The van der Waals surface area contributed by atoms with Gasteiger partial charge in [0.05, 0.1) is 0 Å². The van der Waals surface area contributed by atoms with E-state index in [-0.39, 0.29) is 16.6 Å². The SMILES string of the molecule is C/C(=N/[S+]([O-])C(C)(C)C)c1nc(Cl)ccc1F. The molecule has 0 amide bonds. The number of pyridine rings is 1. The molecule has 6 heteroatoms. The van der Waals surface area contributed by atoms with Gasteiger partial charge in [-0.3, -0.25) is 0 Å². The fourth-order valence-electron chi connectivity index (χ4n) is 0.977. The van der Waals surface area contributed by atoms with Gasteiger partial charge < -0.3 is 4.55 Å². The fraction of sp³-hybridized carbons (Fsp3) is 0.455. The first-order chi connectivity index (χ1) is 7.71. The molecule has 17 heavy (non-hydrogen) atoms. The predicted molar refractivity (Wildman–Crippen MR) is 69.3 cm³/mol. The molecule has 0 spiro atoms. The smallest absolute Gasteiger partial charge is 0.151 e. The van der Waals surface area contributed by atoms with E-state index in [0.717, 1.165) is 0 Å². The van der Waals surface area contributed by atoms with E-state index in [9.17, 15) is 8.94 Å². The van der Waals surface area contributed by atoms with Gasteiger partial charge in [0, 0.05) is 0 Å². The molecule has 0 saturated heterocycles. The van der Waals surface area contributed by atoms with E-state index in [0.29, 0.717) is 0 Å². The van der Waals surface area contributed by atoms with E-state index in [2.05, 4.69) is 9.38 Å². The lowest BCUT2D eigenvalue weighted by Crippen LogP contribution is -2.27. The lowest BCUT2D eigenvalue weighted by molar-refractivity contribution is 0.561. The van der Waals surface area contributed by atoms with Crippen molar-refractivity contribution in [2.24, 2.45) is 4.40 Å². The van der Waals surface area contributed by atoms with Gasteiger partial charge in [0.15, 0.2) is 5.82 Å². The number of rotatable bonds is 2. The monoisotopic (exact) mass is 276 g/mol. The van der Waals surface area contributed by atoms with Crippen LogP contribution in [0.4, 0.5) is 4.39 Å². The van der Waals surface area contributed by atoms with Crippen molar-refractivity contribution in [2.45, 2.75) is 32.4 Å². The summed E-state index contributed by atoms with van der Waals surface area (Å²) in [4.78, 5) is 3.83. The van der Waals surface area contributed by atoms with Crippen molar-refractivity contribution >= 4 is 28.7 Å². The first-order valence-corrected chi connectivity index (χ1v) is 6.50. The quantitative estimate of drug-likeness (QED) is 0.473. The summed E-state index contributed by atoms with van der Waals surface area (Å²) in [5.41, 5.74) is 0.313.